The van der Waals surface area contributed by atoms with Gasteiger partial charge in [-0.1, -0.05) is 54.5 Å². The SMILES string of the molecule is COc1cc(CC(Br)CC2CCCCCC2)ncn1. The first-order chi connectivity index (χ1) is 9.28. The van der Waals surface area contributed by atoms with E-state index >= 15 is 0 Å². The molecule has 1 saturated carbocycles. The molecule has 1 fully saturated rings. The predicted octanol–water partition coefficient (Wildman–Crippen LogP) is 4.15. The summed E-state index contributed by atoms with van der Waals surface area (Å²) >= 11 is 3.82. The Balaban J connectivity index is 1.83. The van der Waals surface area contributed by atoms with E-state index in [1.54, 1.807) is 13.4 Å². The van der Waals surface area contributed by atoms with Crippen molar-refractivity contribution in [2.24, 2.45) is 5.92 Å². The number of nitrogens with zero attached hydrogens (tertiary/aromatic N) is 2. The third-order valence-electron chi connectivity index (χ3n) is 3.90. The van der Waals surface area contributed by atoms with Gasteiger partial charge in [0.05, 0.1) is 7.11 Å². The van der Waals surface area contributed by atoms with E-state index in [2.05, 4.69) is 25.9 Å². The summed E-state index contributed by atoms with van der Waals surface area (Å²) in [6, 6.07) is 1.93. The fourth-order valence-corrected chi connectivity index (χ4v) is 3.73. The molecule has 0 bridgehead atoms. The molecule has 1 aliphatic rings. The van der Waals surface area contributed by atoms with Crippen molar-refractivity contribution in [3.8, 4) is 5.88 Å². The summed E-state index contributed by atoms with van der Waals surface area (Å²) in [6.45, 7) is 0. The van der Waals surface area contributed by atoms with Gasteiger partial charge < -0.3 is 4.74 Å². The number of ether oxygens (including phenoxy) is 1. The topological polar surface area (TPSA) is 35.0 Å². The molecule has 0 saturated heterocycles. The Hall–Kier alpha value is -0.640. The Bertz CT molecular complexity index is 378. The molecule has 0 radical (unpaired) electrons. The zero-order chi connectivity index (χ0) is 13.5. The lowest BCUT2D eigenvalue weighted by molar-refractivity contribution is 0.395. The Morgan fingerprint density at radius 2 is 2.00 bits per heavy atom. The highest BCUT2D eigenvalue weighted by atomic mass is 79.9. The summed E-state index contributed by atoms with van der Waals surface area (Å²) in [7, 11) is 1.64. The van der Waals surface area contributed by atoms with Crippen LogP contribution in [0.3, 0.4) is 0 Å². The van der Waals surface area contributed by atoms with Crippen molar-refractivity contribution < 1.29 is 4.74 Å². The van der Waals surface area contributed by atoms with E-state index in [1.165, 1.54) is 44.9 Å². The first-order valence-corrected chi connectivity index (χ1v) is 8.18. The quantitative estimate of drug-likeness (QED) is 0.602. The zero-order valence-corrected chi connectivity index (χ0v) is 13.2. The van der Waals surface area contributed by atoms with E-state index < -0.39 is 0 Å². The number of hydrogen-bond acceptors (Lipinski definition) is 3. The molecule has 1 unspecified atom stereocenters. The van der Waals surface area contributed by atoms with Gasteiger partial charge in [-0.2, -0.15) is 0 Å². The van der Waals surface area contributed by atoms with Crippen LogP contribution in [0, 0.1) is 5.92 Å². The second kappa shape index (κ2) is 7.83. The number of rotatable bonds is 5. The molecule has 1 heterocycles. The highest BCUT2D eigenvalue weighted by Crippen LogP contribution is 2.29. The standard InChI is InChI=1S/C15H23BrN2O/c1-19-15-10-14(17-11-18-15)9-13(16)8-12-6-4-2-3-5-7-12/h10-13H,2-9H2,1H3. The smallest absolute Gasteiger partial charge is 0.216 e. The van der Waals surface area contributed by atoms with E-state index in [9.17, 15) is 0 Å². The van der Waals surface area contributed by atoms with E-state index in [1.807, 2.05) is 6.07 Å². The average Bonchev–Trinajstić information content (AvgIpc) is 2.67. The lowest BCUT2D eigenvalue weighted by atomic mass is 9.94. The summed E-state index contributed by atoms with van der Waals surface area (Å²) in [5.74, 6) is 1.54. The molecule has 4 heteroatoms. The molecule has 2 rings (SSSR count). The van der Waals surface area contributed by atoms with Gasteiger partial charge in [-0.25, -0.2) is 9.97 Å². The van der Waals surface area contributed by atoms with Crippen LogP contribution in [0.4, 0.5) is 0 Å². The number of hydrogen-bond donors (Lipinski definition) is 0. The van der Waals surface area contributed by atoms with Gasteiger partial charge in [0.25, 0.3) is 0 Å². The van der Waals surface area contributed by atoms with E-state index in [4.69, 9.17) is 4.74 Å². The highest BCUT2D eigenvalue weighted by Gasteiger charge is 2.17. The molecule has 3 nitrogen and oxygen atoms in total. The van der Waals surface area contributed by atoms with Crippen molar-refractivity contribution in [2.75, 3.05) is 7.11 Å². The normalized spacial score (nSPS) is 18.8. The molecule has 0 amide bonds. The first kappa shape index (κ1) is 14.8. The number of methoxy groups -OCH3 is 1. The van der Waals surface area contributed by atoms with Crippen LogP contribution in [-0.4, -0.2) is 21.9 Å². The summed E-state index contributed by atoms with van der Waals surface area (Å²) in [6.07, 6.45) is 12.3. The monoisotopic (exact) mass is 326 g/mol. The molecule has 1 aliphatic carbocycles. The van der Waals surface area contributed by atoms with Crippen LogP contribution < -0.4 is 4.74 Å². The number of aromatic nitrogens is 2. The second-order valence-electron chi connectivity index (χ2n) is 5.45. The molecular formula is C15H23BrN2O. The van der Waals surface area contributed by atoms with Gasteiger partial charge in [0.1, 0.15) is 6.33 Å². The van der Waals surface area contributed by atoms with Crippen LogP contribution in [0.15, 0.2) is 12.4 Å². The van der Waals surface area contributed by atoms with Gasteiger partial charge in [-0.3, -0.25) is 0 Å². The lowest BCUT2D eigenvalue weighted by Gasteiger charge is -2.17. The molecule has 0 aromatic carbocycles. The molecule has 1 aromatic heterocycles. The Labute approximate surface area is 124 Å². The maximum absolute atomic E-state index is 5.14. The van der Waals surface area contributed by atoms with Gasteiger partial charge in [0.2, 0.25) is 5.88 Å². The van der Waals surface area contributed by atoms with Gasteiger partial charge >= 0.3 is 0 Å². The Morgan fingerprint density at radius 1 is 1.26 bits per heavy atom. The van der Waals surface area contributed by atoms with Gasteiger partial charge in [-0.15, -0.1) is 0 Å². The van der Waals surface area contributed by atoms with E-state index in [-0.39, 0.29) is 0 Å². The van der Waals surface area contributed by atoms with Gasteiger partial charge in [0.15, 0.2) is 0 Å². The molecule has 1 atom stereocenters. The second-order valence-corrected chi connectivity index (χ2v) is 6.74. The summed E-state index contributed by atoms with van der Waals surface area (Å²) in [4.78, 5) is 8.87. The summed E-state index contributed by atoms with van der Waals surface area (Å²) in [5.41, 5.74) is 1.06. The van der Waals surface area contributed by atoms with Crippen molar-refractivity contribution in [2.45, 2.75) is 56.2 Å². The van der Waals surface area contributed by atoms with Crippen LogP contribution in [0.25, 0.3) is 0 Å². The van der Waals surface area contributed by atoms with Crippen molar-refractivity contribution in [1.29, 1.82) is 0 Å². The third-order valence-corrected chi connectivity index (χ3v) is 4.60. The van der Waals surface area contributed by atoms with Crippen LogP contribution in [-0.2, 0) is 6.42 Å². The molecule has 0 aliphatic heterocycles. The molecular weight excluding hydrogens is 304 g/mol. The van der Waals surface area contributed by atoms with Crippen LogP contribution in [0.1, 0.15) is 50.6 Å². The van der Waals surface area contributed by atoms with Crippen LogP contribution in [0.5, 0.6) is 5.88 Å². The third kappa shape index (κ3) is 5.09. The van der Waals surface area contributed by atoms with Gasteiger partial charge in [0, 0.05) is 23.0 Å². The summed E-state index contributed by atoms with van der Waals surface area (Å²) < 4.78 is 5.14. The molecule has 106 valence electrons. The minimum absolute atomic E-state index is 0.509. The largest absolute Gasteiger partial charge is 0.481 e. The highest BCUT2D eigenvalue weighted by molar-refractivity contribution is 9.09. The number of alkyl halides is 1. The van der Waals surface area contributed by atoms with E-state index in [0.717, 1.165) is 18.0 Å². The molecule has 0 N–H and O–H groups in total. The summed E-state index contributed by atoms with van der Waals surface area (Å²) in [5, 5.41) is 0. The number of halogens is 1. The minimum atomic E-state index is 0.509. The van der Waals surface area contributed by atoms with Crippen LogP contribution in [0.2, 0.25) is 0 Å². The lowest BCUT2D eigenvalue weighted by Crippen LogP contribution is -2.11. The fraction of sp³-hybridized carbons (Fsp3) is 0.733. The van der Waals surface area contributed by atoms with Crippen molar-refractivity contribution in [1.82, 2.24) is 9.97 Å². The minimum Gasteiger partial charge on any atom is -0.481 e. The molecule has 19 heavy (non-hydrogen) atoms. The van der Waals surface area contributed by atoms with Crippen molar-refractivity contribution in [3.05, 3.63) is 18.1 Å². The van der Waals surface area contributed by atoms with Crippen molar-refractivity contribution >= 4 is 15.9 Å². The fourth-order valence-electron chi connectivity index (χ4n) is 2.87. The molecule has 1 aromatic rings. The molecule has 0 spiro atoms. The predicted molar refractivity (Wildman–Crippen MR) is 80.8 cm³/mol. The Kier molecular flexibility index (Phi) is 6.08. The van der Waals surface area contributed by atoms with Crippen molar-refractivity contribution in [3.63, 3.8) is 0 Å². The maximum atomic E-state index is 5.14. The maximum Gasteiger partial charge on any atom is 0.216 e. The Morgan fingerprint density at radius 3 is 2.68 bits per heavy atom. The van der Waals surface area contributed by atoms with E-state index in [0.29, 0.717) is 10.7 Å². The average molecular weight is 327 g/mol. The first-order valence-electron chi connectivity index (χ1n) is 7.27. The van der Waals surface area contributed by atoms with Crippen LogP contribution >= 0.6 is 15.9 Å². The zero-order valence-electron chi connectivity index (χ0n) is 11.6. The van der Waals surface area contributed by atoms with Gasteiger partial charge in [-0.05, 0) is 12.3 Å².